The minimum atomic E-state index is -0.399. The van der Waals surface area contributed by atoms with Crippen LogP contribution in [-0.2, 0) is 0 Å². The van der Waals surface area contributed by atoms with E-state index in [1.54, 1.807) is 12.1 Å². The van der Waals surface area contributed by atoms with Crippen molar-refractivity contribution in [3.8, 4) is 5.75 Å². The molecule has 2 nitrogen and oxygen atoms in total. The number of nitrogens with two attached hydrogens (primary N) is 1. The summed E-state index contributed by atoms with van der Waals surface area (Å²) in [6.45, 7) is 6.88. The zero-order chi connectivity index (χ0) is 11.5. The van der Waals surface area contributed by atoms with Crippen molar-refractivity contribution in [1.82, 2.24) is 0 Å². The summed E-state index contributed by atoms with van der Waals surface area (Å²) in [5, 5.41) is 0. The predicted octanol–water partition coefficient (Wildman–Crippen LogP) is 3.22. The Kier molecular flexibility index (Phi) is 3.56. The SMILES string of the molecule is CC(C)(C)CCOc1ccc(N)cc1F. The lowest BCUT2D eigenvalue weighted by Crippen LogP contribution is -2.11. The summed E-state index contributed by atoms with van der Waals surface area (Å²) in [6.07, 6.45) is 0.886. The summed E-state index contributed by atoms with van der Waals surface area (Å²) in [6, 6.07) is 4.47. The quantitative estimate of drug-likeness (QED) is 0.779. The van der Waals surface area contributed by atoms with Crippen molar-refractivity contribution in [3.63, 3.8) is 0 Å². The summed E-state index contributed by atoms with van der Waals surface area (Å²) in [5.74, 6) is -0.127. The van der Waals surface area contributed by atoms with E-state index in [-0.39, 0.29) is 11.2 Å². The Labute approximate surface area is 90.2 Å². The van der Waals surface area contributed by atoms with Gasteiger partial charge in [-0.2, -0.15) is 0 Å². The zero-order valence-electron chi connectivity index (χ0n) is 9.51. The standard InChI is InChI=1S/C12H18FNO/c1-12(2,3)6-7-15-11-5-4-9(14)8-10(11)13/h4-5,8H,6-7,14H2,1-3H3. The summed E-state index contributed by atoms with van der Waals surface area (Å²) in [4.78, 5) is 0. The molecule has 0 saturated heterocycles. The van der Waals surface area contributed by atoms with Crippen molar-refractivity contribution < 1.29 is 9.13 Å². The number of nitrogen functional groups attached to an aromatic ring is 1. The van der Waals surface area contributed by atoms with E-state index in [1.165, 1.54) is 6.07 Å². The van der Waals surface area contributed by atoms with E-state index in [4.69, 9.17) is 10.5 Å². The Balaban J connectivity index is 2.51. The Morgan fingerprint density at radius 3 is 2.53 bits per heavy atom. The first-order valence-corrected chi connectivity index (χ1v) is 5.06. The highest BCUT2D eigenvalue weighted by Crippen LogP contribution is 2.22. The normalized spacial score (nSPS) is 11.5. The second-order valence-corrected chi connectivity index (χ2v) is 4.85. The number of halogens is 1. The molecule has 0 fully saturated rings. The van der Waals surface area contributed by atoms with Crippen LogP contribution in [-0.4, -0.2) is 6.61 Å². The maximum Gasteiger partial charge on any atom is 0.167 e. The number of hydrogen-bond donors (Lipinski definition) is 1. The third kappa shape index (κ3) is 4.19. The molecule has 0 heterocycles. The van der Waals surface area contributed by atoms with Crippen molar-refractivity contribution in [2.75, 3.05) is 12.3 Å². The molecule has 0 radical (unpaired) electrons. The number of rotatable bonds is 3. The van der Waals surface area contributed by atoms with Crippen LogP contribution in [0.15, 0.2) is 18.2 Å². The molecule has 0 aromatic heterocycles. The summed E-state index contributed by atoms with van der Waals surface area (Å²) >= 11 is 0. The van der Waals surface area contributed by atoms with E-state index in [0.717, 1.165) is 6.42 Å². The largest absolute Gasteiger partial charge is 0.490 e. The van der Waals surface area contributed by atoms with Crippen molar-refractivity contribution in [1.29, 1.82) is 0 Å². The lowest BCUT2D eigenvalue weighted by Gasteiger charge is -2.18. The molecule has 1 rings (SSSR count). The molecule has 15 heavy (non-hydrogen) atoms. The van der Waals surface area contributed by atoms with Crippen LogP contribution in [0.2, 0.25) is 0 Å². The molecule has 2 N–H and O–H groups in total. The lowest BCUT2D eigenvalue weighted by atomic mass is 9.93. The highest BCUT2D eigenvalue weighted by Gasteiger charge is 2.11. The molecule has 1 aromatic rings. The smallest absolute Gasteiger partial charge is 0.167 e. The molecule has 84 valence electrons. The highest BCUT2D eigenvalue weighted by atomic mass is 19.1. The zero-order valence-corrected chi connectivity index (χ0v) is 9.51. The molecule has 0 aliphatic rings. The monoisotopic (exact) mass is 211 g/mol. The number of hydrogen-bond acceptors (Lipinski definition) is 2. The lowest BCUT2D eigenvalue weighted by molar-refractivity contribution is 0.235. The molecule has 3 heteroatoms. The van der Waals surface area contributed by atoms with Crippen LogP contribution in [0.4, 0.5) is 10.1 Å². The van der Waals surface area contributed by atoms with Gasteiger partial charge in [-0.15, -0.1) is 0 Å². The van der Waals surface area contributed by atoms with Gasteiger partial charge in [-0.25, -0.2) is 4.39 Å². The molecule has 0 spiro atoms. The Morgan fingerprint density at radius 1 is 1.33 bits per heavy atom. The van der Waals surface area contributed by atoms with Crippen LogP contribution < -0.4 is 10.5 Å². The first-order valence-electron chi connectivity index (χ1n) is 5.06. The van der Waals surface area contributed by atoms with Crippen LogP contribution in [0.3, 0.4) is 0 Å². The van der Waals surface area contributed by atoms with Gasteiger partial charge in [0.25, 0.3) is 0 Å². The van der Waals surface area contributed by atoms with Crippen molar-refractivity contribution in [3.05, 3.63) is 24.0 Å². The average Bonchev–Trinajstić information content (AvgIpc) is 2.07. The van der Waals surface area contributed by atoms with Gasteiger partial charge >= 0.3 is 0 Å². The van der Waals surface area contributed by atoms with Gasteiger partial charge in [0.2, 0.25) is 0 Å². The van der Waals surface area contributed by atoms with E-state index < -0.39 is 5.82 Å². The second-order valence-electron chi connectivity index (χ2n) is 4.85. The van der Waals surface area contributed by atoms with Gasteiger partial charge in [0, 0.05) is 11.8 Å². The number of anilines is 1. The number of benzene rings is 1. The predicted molar refractivity (Wildman–Crippen MR) is 60.4 cm³/mol. The van der Waals surface area contributed by atoms with Gasteiger partial charge in [-0.3, -0.25) is 0 Å². The maximum absolute atomic E-state index is 13.3. The molecule has 0 aliphatic heterocycles. The highest BCUT2D eigenvalue weighted by molar-refractivity contribution is 5.42. The van der Waals surface area contributed by atoms with Crippen LogP contribution in [0.5, 0.6) is 5.75 Å². The molecule has 1 aromatic carbocycles. The van der Waals surface area contributed by atoms with E-state index in [2.05, 4.69) is 20.8 Å². The van der Waals surface area contributed by atoms with Gasteiger partial charge in [-0.1, -0.05) is 20.8 Å². The topological polar surface area (TPSA) is 35.2 Å². The fourth-order valence-corrected chi connectivity index (χ4v) is 1.10. The Hall–Kier alpha value is -1.25. The maximum atomic E-state index is 13.3. The minimum absolute atomic E-state index is 0.199. The first-order chi connectivity index (χ1) is 6.88. The molecule has 0 bridgehead atoms. The Bertz CT molecular complexity index is 331. The summed E-state index contributed by atoms with van der Waals surface area (Å²) < 4.78 is 18.6. The third-order valence-electron chi connectivity index (χ3n) is 2.07. The fraction of sp³-hybridized carbons (Fsp3) is 0.500. The van der Waals surface area contributed by atoms with Crippen molar-refractivity contribution in [2.45, 2.75) is 27.2 Å². The molecule has 0 amide bonds. The fourth-order valence-electron chi connectivity index (χ4n) is 1.10. The molecule has 0 atom stereocenters. The van der Waals surface area contributed by atoms with Crippen molar-refractivity contribution >= 4 is 5.69 Å². The minimum Gasteiger partial charge on any atom is -0.490 e. The van der Waals surface area contributed by atoms with Gasteiger partial charge in [0.15, 0.2) is 11.6 Å². The summed E-state index contributed by atoms with van der Waals surface area (Å²) in [5.41, 5.74) is 6.04. The van der Waals surface area contributed by atoms with Crippen LogP contribution in [0, 0.1) is 11.2 Å². The Morgan fingerprint density at radius 2 is 2.00 bits per heavy atom. The molecule has 0 aliphatic carbocycles. The first kappa shape index (κ1) is 11.8. The van der Waals surface area contributed by atoms with Gasteiger partial charge in [0.1, 0.15) is 0 Å². The van der Waals surface area contributed by atoms with E-state index >= 15 is 0 Å². The van der Waals surface area contributed by atoms with E-state index in [0.29, 0.717) is 12.3 Å². The molecule has 0 unspecified atom stereocenters. The van der Waals surface area contributed by atoms with Crippen LogP contribution in [0.25, 0.3) is 0 Å². The van der Waals surface area contributed by atoms with Crippen LogP contribution in [0.1, 0.15) is 27.2 Å². The van der Waals surface area contributed by atoms with Crippen molar-refractivity contribution in [2.24, 2.45) is 5.41 Å². The third-order valence-corrected chi connectivity index (χ3v) is 2.07. The van der Waals surface area contributed by atoms with Crippen LogP contribution >= 0.6 is 0 Å². The van der Waals surface area contributed by atoms with Gasteiger partial charge in [-0.05, 0) is 24.0 Å². The number of ether oxygens (including phenoxy) is 1. The molecular formula is C12H18FNO. The average molecular weight is 211 g/mol. The van der Waals surface area contributed by atoms with Gasteiger partial charge in [0.05, 0.1) is 6.61 Å². The van der Waals surface area contributed by atoms with E-state index in [9.17, 15) is 4.39 Å². The molecule has 0 saturated carbocycles. The van der Waals surface area contributed by atoms with Gasteiger partial charge < -0.3 is 10.5 Å². The van der Waals surface area contributed by atoms with E-state index in [1.807, 2.05) is 0 Å². The summed E-state index contributed by atoms with van der Waals surface area (Å²) in [7, 11) is 0. The second kappa shape index (κ2) is 4.51. The molecular weight excluding hydrogens is 193 g/mol.